The maximum absolute atomic E-state index is 3.95. The smallest absolute Gasteiger partial charge is 0.0126 e. The van der Waals surface area contributed by atoms with Crippen molar-refractivity contribution in [3.63, 3.8) is 0 Å². The molecule has 0 bridgehead atoms. The molecule has 0 saturated carbocycles. The van der Waals surface area contributed by atoms with Gasteiger partial charge in [0, 0.05) is 0 Å². The Kier molecular flexibility index (Phi) is 16.1. The average molecular weight is 783 g/mol. The monoisotopic (exact) mass is 780 g/mol. The fourth-order valence-corrected chi connectivity index (χ4v) is 7.84. The van der Waals surface area contributed by atoms with Gasteiger partial charge >= 0.3 is 54.1 Å². The van der Waals surface area contributed by atoms with Crippen LogP contribution in [0.3, 0.4) is 0 Å². The summed E-state index contributed by atoms with van der Waals surface area (Å²) < 4.78 is 2.29. The number of aryl methyl sites for hydroxylation is 4. The van der Waals surface area contributed by atoms with Gasteiger partial charge in [-0.05, 0) is 67.2 Å². The average Bonchev–Trinajstić information content (AvgIpc) is 3.66. The summed E-state index contributed by atoms with van der Waals surface area (Å²) in [5, 5.41) is 0. The van der Waals surface area contributed by atoms with Crippen LogP contribution >= 0.6 is 0 Å². The van der Waals surface area contributed by atoms with E-state index in [-0.39, 0.29) is 35.6 Å². The van der Waals surface area contributed by atoms with E-state index >= 15 is 0 Å². The van der Waals surface area contributed by atoms with Crippen LogP contribution in [-0.2, 0) is 41.5 Å². The third kappa shape index (κ3) is 11.3. The molecule has 1 aliphatic carbocycles. The van der Waals surface area contributed by atoms with Crippen LogP contribution in [0.4, 0.5) is 0 Å². The van der Waals surface area contributed by atoms with Crippen LogP contribution in [-0.4, -0.2) is 3.71 Å². The van der Waals surface area contributed by atoms with E-state index in [1.54, 1.807) is 24.2 Å². The molecule has 0 radical (unpaired) electrons. The number of benzene rings is 4. The topological polar surface area (TPSA) is 0 Å². The first-order chi connectivity index (χ1) is 22.5. The molecule has 3 heteroatoms. The minimum absolute atomic E-state index is 0. The molecule has 5 aromatic rings. The standard InChI is InChI=1S/C37H41.C5H5.C5H10.2ClH.Zr/c1-22-11-23(2)14-26(13-22)32-18-28-17-29-19-33(27-15-24(3)12-25(4)16-27)35(37(8,9)10)21-31(29)30(28)20-34(32)36(5,6)7;1-2-4-5-3-1;1-4-5(2)3;;;/h11-16,18,20-21H,17H2,1-10H3;1-5H;1,5H,4H2,2-3H3;2*1H;/q2*-1;;;;+2/p-2. The van der Waals surface area contributed by atoms with Crippen molar-refractivity contribution in [2.45, 2.75) is 107 Å². The molecule has 0 N–H and O–H groups in total. The van der Waals surface area contributed by atoms with Crippen molar-refractivity contribution in [2.24, 2.45) is 5.92 Å². The number of hydrogen-bond acceptors (Lipinski definition) is 0. The number of halogens is 2. The molecule has 0 amide bonds. The van der Waals surface area contributed by atoms with Crippen LogP contribution in [0, 0.1) is 39.7 Å². The van der Waals surface area contributed by atoms with E-state index in [0.717, 1.165) is 12.3 Å². The van der Waals surface area contributed by atoms with Crippen molar-refractivity contribution in [3.05, 3.63) is 136 Å². The fraction of sp³-hybridized carbons (Fsp3) is 0.362. The van der Waals surface area contributed by atoms with Crippen molar-refractivity contribution < 1.29 is 49.0 Å². The third-order valence-electron chi connectivity index (χ3n) is 8.86. The first-order valence-electron chi connectivity index (χ1n) is 17.6. The molecule has 0 atom stereocenters. The summed E-state index contributed by atoms with van der Waals surface area (Å²) in [4.78, 5) is 0. The van der Waals surface area contributed by atoms with Crippen molar-refractivity contribution in [1.29, 1.82) is 0 Å². The molecule has 0 spiro atoms. The largest absolute Gasteiger partial charge is 1.00 e. The summed E-state index contributed by atoms with van der Waals surface area (Å²) >= 11 is 1.56. The van der Waals surface area contributed by atoms with Gasteiger partial charge in [0.1, 0.15) is 0 Å². The van der Waals surface area contributed by atoms with E-state index in [9.17, 15) is 0 Å². The van der Waals surface area contributed by atoms with Crippen molar-refractivity contribution >= 4 is 3.71 Å². The summed E-state index contributed by atoms with van der Waals surface area (Å²) in [5.74, 6) is 0.865. The molecular formula is C47H56Cl2Zr-2. The Morgan fingerprint density at radius 1 is 0.660 bits per heavy atom. The molecular weight excluding hydrogens is 727 g/mol. The zero-order valence-electron chi connectivity index (χ0n) is 32.4. The maximum atomic E-state index is 3.95. The van der Waals surface area contributed by atoms with Gasteiger partial charge in [0.2, 0.25) is 0 Å². The Balaban J connectivity index is 0.000000574. The SMILES string of the molecule is CC(C)C[CH]=[Zr+2].Cc1cc(C)cc(-c2[c-]c3c(cc2C(C)(C)C)-c2cc(C(C)(C)C)c(-c4cc(C)cc(C)c4)cc2C3)c1.[Cl-].[Cl-].c1cc[cH-]c1. The normalized spacial score (nSPS) is 11.6. The Labute approximate surface area is 332 Å². The molecule has 0 aliphatic heterocycles. The Bertz CT molecular complexity index is 1690. The van der Waals surface area contributed by atoms with Crippen molar-refractivity contribution in [3.8, 4) is 33.4 Å². The summed E-state index contributed by atoms with van der Waals surface area (Å²) in [6.45, 7) is 27.3. The van der Waals surface area contributed by atoms with Gasteiger partial charge in [0.15, 0.2) is 0 Å². The number of rotatable bonds is 4. The quantitative estimate of drug-likeness (QED) is 0.169. The molecule has 50 heavy (non-hydrogen) atoms. The van der Waals surface area contributed by atoms with Crippen LogP contribution in [0.2, 0.25) is 0 Å². The second-order valence-corrected chi connectivity index (χ2v) is 17.2. The summed E-state index contributed by atoms with van der Waals surface area (Å²) in [6.07, 6.45) is 2.23. The molecule has 0 saturated heterocycles. The predicted octanol–water partition coefficient (Wildman–Crippen LogP) is 7.02. The molecule has 6 rings (SSSR count). The second kappa shape index (κ2) is 18.4. The molecule has 0 unspecified atom stereocenters. The van der Waals surface area contributed by atoms with Crippen LogP contribution in [0.15, 0.2) is 84.9 Å². The molecule has 0 fully saturated rings. The molecule has 264 valence electrons. The first kappa shape index (κ1) is 43.7. The van der Waals surface area contributed by atoms with Gasteiger partial charge in [-0.25, -0.2) is 12.1 Å². The Hall–Kier alpha value is -2.44. The Morgan fingerprint density at radius 3 is 1.54 bits per heavy atom. The second-order valence-electron chi connectivity index (χ2n) is 16.2. The van der Waals surface area contributed by atoms with Gasteiger partial charge in [-0.1, -0.05) is 129 Å². The summed E-state index contributed by atoms with van der Waals surface area (Å²) in [6, 6.07) is 35.2. The van der Waals surface area contributed by atoms with Gasteiger partial charge in [-0.2, -0.15) is 18.2 Å². The zero-order valence-corrected chi connectivity index (χ0v) is 36.4. The minimum Gasteiger partial charge on any atom is -1.00 e. The molecule has 5 aromatic carbocycles. The van der Waals surface area contributed by atoms with Gasteiger partial charge in [-0.3, -0.25) is 0 Å². The predicted molar refractivity (Wildman–Crippen MR) is 208 cm³/mol. The van der Waals surface area contributed by atoms with E-state index in [1.165, 1.54) is 84.3 Å². The molecule has 0 heterocycles. The van der Waals surface area contributed by atoms with Gasteiger partial charge in [-0.15, -0.1) is 28.8 Å². The fourth-order valence-electron chi connectivity index (χ4n) is 6.69. The molecule has 0 aromatic heterocycles. The van der Waals surface area contributed by atoms with Gasteiger partial charge in [0.05, 0.1) is 0 Å². The number of fused-ring (bicyclic) bond motifs is 3. The zero-order chi connectivity index (χ0) is 35.4. The summed E-state index contributed by atoms with van der Waals surface area (Å²) in [5.41, 5.74) is 18.9. The minimum atomic E-state index is 0. The van der Waals surface area contributed by atoms with Crippen molar-refractivity contribution in [2.75, 3.05) is 0 Å². The van der Waals surface area contributed by atoms with E-state index < -0.39 is 0 Å². The van der Waals surface area contributed by atoms with Crippen LogP contribution in [0.25, 0.3) is 33.4 Å². The van der Waals surface area contributed by atoms with Crippen molar-refractivity contribution in [1.82, 2.24) is 0 Å². The summed E-state index contributed by atoms with van der Waals surface area (Å²) in [7, 11) is 0. The van der Waals surface area contributed by atoms with Gasteiger partial charge in [0.25, 0.3) is 0 Å². The van der Waals surface area contributed by atoms with E-state index in [2.05, 4.69) is 147 Å². The Morgan fingerprint density at radius 2 is 1.14 bits per heavy atom. The third-order valence-corrected chi connectivity index (χ3v) is 9.44. The van der Waals surface area contributed by atoms with Gasteiger partial charge < -0.3 is 24.8 Å². The van der Waals surface area contributed by atoms with E-state index in [0.29, 0.717) is 0 Å². The van der Waals surface area contributed by atoms with E-state index in [4.69, 9.17) is 0 Å². The van der Waals surface area contributed by atoms with Crippen LogP contribution in [0.5, 0.6) is 0 Å². The molecule has 0 nitrogen and oxygen atoms in total. The first-order valence-corrected chi connectivity index (χ1v) is 19.0. The van der Waals surface area contributed by atoms with Crippen LogP contribution in [0.1, 0.15) is 106 Å². The van der Waals surface area contributed by atoms with E-state index in [1.807, 2.05) is 30.3 Å². The molecule has 1 aliphatic rings. The van der Waals surface area contributed by atoms with Crippen LogP contribution < -0.4 is 24.8 Å². The maximum Gasteiger partial charge on any atom is -0.0126 e. The number of hydrogen-bond donors (Lipinski definition) is 0.